The average molecular weight is 415 g/mol. The van der Waals surface area contributed by atoms with Gasteiger partial charge in [0.25, 0.3) is 0 Å². The van der Waals surface area contributed by atoms with Crippen LogP contribution < -0.4 is 0 Å². The molecule has 7 heteroatoms. The van der Waals surface area contributed by atoms with Crippen molar-refractivity contribution in [1.29, 1.82) is 0 Å². The van der Waals surface area contributed by atoms with E-state index in [2.05, 4.69) is 31.9 Å². The normalized spacial score (nSPS) is 12.1. The van der Waals surface area contributed by atoms with Crippen molar-refractivity contribution >= 4 is 41.9 Å². The van der Waals surface area contributed by atoms with Crippen LogP contribution >= 0.6 is 31.9 Å². The highest BCUT2D eigenvalue weighted by Crippen LogP contribution is 2.30. The van der Waals surface area contributed by atoms with Gasteiger partial charge < -0.3 is 5.11 Å². The van der Waals surface area contributed by atoms with Crippen LogP contribution in [0.3, 0.4) is 0 Å². The van der Waals surface area contributed by atoms with Crippen molar-refractivity contribution in [2.45, 2.75) is 25.2 Å². The Kier molecular flexibility index (Phi) is 6.46. The summed E-state index contributed by atoms with van der Waals surface area (Å²) in [5.74, 6) is 0. The Morgan fingerprint density at radius 2 is 1.84 bits per heavy atom. The molecule has 1 N–H and O–H groups in total. The third-order valence-electron chi connectivity index (χ3n) is 2.65. The number of hydrogen-bond donors (Lipinski definition) is 1. The fourth-order valence-corrected chi connectivity index (χ4v) is 4.84. The monoisotopic (exact) mass is 413 g/mol. The van der Waals surface area contributed by atoms with Gasteiger partial charge in [0, 0.05) is 22.0 Å². The number of aryl methyl sites for hydroxylation is 1. The molecule has 1 rings (SSSR count). The van der Waals surface area contributed by atoms with Crippen molar-refractivity contribution in [1.82, 2.24) is 4.31 Å². The molecule has 0 amide bonds. The van der Waals surface area contributed by atoms with E-state index in [-0.39, 0.29) is 18.0 Å². The number of aliphatic hydroxyl groups excluding tert-OH is 1. The Morgan fingerprint density at radius 1 is 1.21 bits per heavy atom. The lowest BCUT2D eigenvalue weighted by Gasteiger charge is -2.21. The second-order valence-electron chi connectivity index (χ2n) is 4.16. The molecule has 0 saturated carbocycles. The number of benzene rings is 1. The molecule has 0 bridgehead atoms. The van der Waals surface area contributed by atoms with Crippen LogP contribution in [-0.2, 0) is 10.0 Å². The van der Waals surface area contributed by atoms with Crippen LogP contribution in [0.1, 0.15) is 18.9 Å². The van der Waals surface area contributed by atoms with Crippen molar-refractivity contribution < 1.29 is 13.5 Å². The Bertz CT molecular complexity index is 540. The minimum absolute atomic E-state index is 0.105. The molecular weight excluding hydrogens is 398 g/mol. The van der Waals surface area contributed by atoms with Gasteiger partial charge in [0.1, 0.15) is 0 Å². The molecule has 1 aromatic rings. The highest BCUT2D eigenvalue weighted by molar-refractivity contribution is 9.11. The molecule has 0 fully saturated rings. The molecule has 19 heavy (non-hydrogen) atoms. The molecule has 0 aliphatic carbocycles. The molecule has 0 aliphatic rings. The van der Waals surface area contributed by atoms with E-state index >= 15 is 0 Å². The van der Waals surface area contributed by atoms with Gasteiger partial charge in [-0.3, -0.25) is 0 Å². The molecule has 0 unspecified atom stereocenters. The zero-order valence-electron chi connectivity index (χ0n) is 10.9. The molecular formula is C12H17Br2NO3S. The molecule has 0 radical (unpaired) electrons. The van der Waals surface area contributed by atoms with Crippen LogP contribution in [0.4, 0.5) is 0 Å². The predicted octanol–water partition coefficient (Wildman–Crippen LogP) is 2.91. The fraction of sp³-hybridized carbons (Fsp3) is 0.500. The third-order valence-corrected chi connectivity index (χ3v) is 6.36. The Hall–Kier alpha value is 0.0500. The van der Waals surface area contributed by atoms with Gasteiger partial charge in [-0.25, -0.2) is 8.42 Å². The van der Waals surface area contributed by atoms with Crippen LogP contribution in [-0.4, -0.2) is 37.5 Å². The second-order valence-corrected chi connectivity index (χ2v) is 7.77. The van der Waals surface area contributed by atoms with Gasteiger partial charge in [-0.1, -0.05) is 22.9 Å². The lowest BCUT2D eigenvalue weighted by Crippen LogP contribution is -2.34. The maximum Gasteiger partial charge on any atom is 0.244 e. The zero-order chi connectivity index (χ0) is 14.6. The van der Waals surface area contributed by atoms with Gasteiger partial charge >= 0.3 is 0 Å². The van der Waals surface area contributed by atoms with Gasteiger partial charge in [0.2, 0.25) is 10.0 Å². The van der Waals surface area contributed by atoms with E-state index in [1.165, 1.54) is 4.31 Å². The Labute approximate surface area is 131 Å². The molecule has 108 valence electrons. The molecule has 0 atom stereocenters. The standard InChI is InChI=1S/C12H17Br2NO3S/c1-3-4-15(5-6-16)19(17,18)12-8-10(13)9(2)7-11(12)14/h7-8,16H,3-6H2,1-2H3. The number of hydrogen-bond acceptors (Lipinski definition) is 3. The Morgan fingerprint density at radius 3 is 2.37 bits per heavy atom. The van der Waals surface area contributed by atoms with Crippen molar-refractivity contribution in [2.24, 2.45) is 0 Å². The molecule has 4 nitrogen and oxygen atoms in total. The van der Waals surface area contributed by atoms with E-state index < -0.39 is 10.0 Å². The summed E-state index contributed by atoms with van der Waals surface area (Å²) in [7, 11) is -3.60. The van der Waals surface area contributed by atoms with Gasteiger partial charge in [-0.2, -0.15) is 4.31 Å². The van der Waals surface area contributed by atoms with E-state index in [1.807, 2.05) is 13.8 Å². The SMILES string of the molecule is CCCN(CCO)S(=O)(=O)c1cc(Br)c(C)cc1Br. The summed E-state index contributed by atoms with van der Waals surface area (Å²) in [4.78, 5) is 0.215. The van der Waals surface area contributed by atoms with Crippen molar-refractivity contribution in [3.8, 4) is 0 Å². The van der Waals surface area contributed by atoms with Gasteiger partial charge in [-0.15, -0.1) is 0 Å². The van der Waals surface area contributed by atoms with E-state index in [9.17, 15) is 8.42 Å². The average Bonchev–Trinajstić information content (AvgIpc) is 2.33. The summed E-state index contributed by atoms with van der Waals surface area (Å²) in [6.45, 7) is 4.10. The number of rotatable bonds is 6. The summed E-state index contributed by atoms with van der Waals surface area (Å²) in [5, 5.41) is 9.01. The van der Waals surface area contributed by atoms with E-state index in [1.54, 1.807) is 12.1 Å². The van der Waals surface area contributed by atoms with Crippen LogP contribution in [0, 0.1) is 6.92 Å². The van der Waals surface area contributed by atoms with Crippen LogP contribution in [0.2, 0.25) is 0 Å². The first-order valence-corrected chi connectivity index (χ1v) is 8.93. The highest BCUT2D eigenvalue weighted by Gasteiger charge is 2.26. The first-order chi connectivity index (χ1) is 8.84. The largest absolute Gasteiger partial charge is 0.395 e. The number of sulfonamides is 1. The van der Waals surface area contributed by atoms with Crippen molar-refractivity contribution in [3.05, 3.63) is 26.6 Å². The molecule has 0 spiro atoms. The van der Waals surface area contributed by atoms with Crippen LogP contribution in [0.5, 0.6) is 0 Å². The molecule has 0 heterocycles. The predicted molar refractivity (Wildman–Crippen MR) is 82.7 cm³/mol. The van der Waals surface area contributed by atoms with Crippen LogP contribution in [0.15, 0.2) is 26.0 Å². The zero-order valence-corrected chi connectivity index (χ0v) is 14.8. The van der Waals surface area contributed by atoms with E-state index in [4.69, 9.17) is 5.11 Å². The molecule has 0 saturated heterocycles. The highest BCUT2D eigenvalue weighted by atomic mass is 79.9. The number of aliphatic hydroxyl groups is 1. The number of halogens is 2. The fourth-order valence-electron chi connectivity index (χ4n) is 1.68. The first-order valence-electron chi connectivity index (χ1n) is 5.91. The van der Waals surface area contributed by atoms with Gasteiger partial charge in [0.15, 0.2) is 0 Å². The summed E-state index contributed by atoms with van der Waals surface area (Å²) >= 11 is 6.65. The lowest BCUT2D eigenvalue weighted by molar-refractivity contribution is 0.253. The maximum absolute atomic E-state index is 12.6. The van der Waals surface area contributed by atoms with Crippen molar-refractivity contribution in [2.75, 3.05) is 19.7 Å². The third kappa shape index (κ3) is 4.01. The minimum Gasteiger partial charge on any atom is -0.395 e. The van der Waals surface area contributed by atoms with Crippen LogP contribution in [0.25, 0.3) is 0 Å². The summed E-state index contributed by atoms with van der Waals surface area (Å²) in [5.41, 5.74) is 0.954. The van der Waals surface area contributed by atoms with E-state index in [0.29, 0.717) is 17.4 Å². The topological polar surface area (TPSA) is 57.6 Å². The quantitative estimate of drug-likeness (QED) is 0.778. The lowest BCUT2D eigenvalue weighted by atomic mass is 10.2. The molecule has 0 aromatic heterocycles. The Balaban J connectivity index is 3.28. The van der Waals surface area contributed by atoms with Crippen molar-refractivity contribution in [3.63, 3.8) is 0 Å². The maximum atomic E-state index is 12.6. The summed E-state index contributed by atoms with van der Waals surface area (Å²) < 4.78 is 27.7. The first kappa shape index (κ1) is 17.1. The minimum atomic E-state index is -3.60. The van der Waals surface area contributed by atoms with E-state index in [0.717, 1.165) is 10.0 Å². The molecule has 0 aliphatic heterocycles. The molecule has 1 aromatic carbocycles. The summed E-state index contributed by atoms with van der Waals surface area (Å²) in [6.07, 6.45) is 0.698. The van der Waals surface area contributed by atoms with Gasteiger partial charge in [0.05, 0.1) is 11.5 Å². The second kappa shape index (κ2) is 7.17. The summed E-state index contributed by atoms with van der Waals surface area (Å²) in [6, 6.07) is 3.36. The smallest absolute Gasteiger partial charge is 0.244 e. The van der Waals surface area contributed by atoms with Gasteiger partial charge in [-0.05, 0) is 47.0 Å². The number of nitrogens with zero attached hydrogens (tertiary/aromatic N) is 1.